The van der Waals surface area contributed by atoms with Crippen LogP contribution in [0.4, 0.5) is 5.82 Å². The van der Waals surface area contributed by atoms with E-state index in [0.29, 0.717) is 0 Å². The van der Waals surface area contributed by atoms with Gasteiger partial charge in [0.25, 0.3) is 0 Å². The Balaban J connectivity index is 1.77. The summed E-state index contributed by atoms with van der Waals surface area (Å²) in [6.07, 6.45) is -0.265. The second-order valence-electron chi connectivity index (χ2n) is 5.76. The van der Waals surface area contributed by atoms with Crippen LogP contribution in [0.1, 0.15) is 12.6 Å². The zero-order valence-corrected chi connectivity index (χ0v) is 12.7. The number of piperazine rings is 1. The van der Waals surface area contributed by atoms with Gasteiger partial charge in [-0.25, -0.2) is 9.97 Å². The zero-order chi connectivity index (χ0) is 14.8. The van der Waals surface area contributed by atoms with Gasteiger partial charge in [-0.05, 0) is 26.0 Å². The van der Waals surface area contributed by atoms with E-state index in [1.165, 1.54) is 0 Å². The van der Waals surface area contributed by atoms with E-state index in [1.807, 2.05) is 38.1 Å². The maximum Gasteiger partial charge on any atom is 0.150 e. The standard InChI is InChI=1S/C16H22N4O/c1-12(21)11-19-7-9-20(10-8-19)16-13(2)17-14-5-3-4-6-15(14)18-16/h3-6,12,21H,7-11H2,1-2H3/t12-/m1/s1. The van der Waals surface area contributed by atoms with Gasteiger partial charge in [-0.1, -0.05) is 12.1 Å². The minimum atomic E-state index is -0.265. The van der Waals surface area contributed by atoms with Crippen LogP contribution in [-0.4, -0.2) is 58.8 Å². The summed E-state index contributed by atoms with van der Waals surface area (Å²) < 4.78 is 0. The first kappa shape index (κ1) is 14.2. The molecule has 0 spiro atoms. The minimum Gasteiger partial charge on any atom is -0.392 e. The van der Waals surface area contributed by atoms with Crippen LogP contribution in [0.2, 0.25) is 0 Å². The fraction of sp³-hybridized carbons (Fsp3) is 0.500. The molecule has 1 aliphatic rings. The molecule has 1 fully saturated rings. The number of anilines is 1. The summed E-state index contributed by atoms with van der Waals surface area (Å²) in [6.45, 7) is 8.39. The van der Waals surface area contributed by atoms with Crippen LogP contribution in [0.25, 0.3) is 11.0 Å². The molecule has 2 heterocycles. The van der Waals surface area contributed by atoms with E-state index in [4.69, 9.17) is 4.98 Å². The number of aryl methyl sites for hydroxylation is 1. The van der Waals surface area contributed by atoms with Gasteiger partial charge in [0, 0.05) is 32.7 Å². The molecule has 0 saturated carbocycles. The fourth-order valence-corrected chi connectivity index (χ4v) is 2.89. The van der Waals surface area contributed by atoms with Gasteiger partial charge in [0.2, 0.25) is 0 Å². The van der Waals surface area contributed by atoms with Gasteiger partial charge in [-0.2, -0.15) is 0 Å². The monoisotopic (exact) mass is 286 g/mol. The molecule has 1 atom stereocenters. The molecule has 5 heteroatoms. The first-order valence-corrected chi connectivity index (χ1v) is 7.52. The summed E-state index contributed by atoms with van der Waals surface area (Å²) in [5.41, 5.74) is 2.88. The maximum atomic E-state index is 9.47. The Labute approximate surface area is 125 Å². The summed E-state index contributed by atoms with van der Waals surface area (Å²) in [5.74, 6) is 0.991. The molecule has 0 bridgehead atoms. The number of nitrogens with zero attached hydrogens (tertiary/aromatic N) is 4. The first-order chi connectivity index (χ1) is 10.1. The molecule has 1 saturated heterocycles. The first-order valence-electron chi connectivity index (χ1n) is 7.52. The number of aliphatic hydroxyl groups excluding tert-OH is 1. The summed E-state index contributed by atoms with van der Waals surface area (Å²) in [6, 6.07) is 8.00. The third-order valence-electron chi connectivity index (χ3n) is 3.91. The predicted molar refractivity (Wildman–Crippen MR) is 84.6 cm³/mol. The van der Waals surface area contributed by atoms with Crippen molar-refractivity contribution < 1.29 is 5.11 Å². The summed E-state index contributed by atoms with van der Waals surface area (Å²) >= 11 is 0. The molecular formula is C16H22N4O. The molecule has 1 aromatic carbocycles. The second kappa shape index (κ2) is 5.95. The zero-order valence-electron chi connectivity index (χ0n) is 12.7. The van der Waals surface area contributed by atoms with Crippen molar-refractivity contribution in [2.45, 2.75) is 20.0 Å². The van der Waals surface area contributed by atoms with Gasteiger partial charge >= 0.3 is 0 Å². The molecule has 1 N–H and O–H groups in total. The van der Waals surface area contributed by atoms with E-state index in [0.717, 1.165) is 55.3 Å². The molecule has 0 unspecified atom stereocenters. The average molecular weight is 286 g/mol. The van der Waals surface area contributed by atoms with Gasteiger partial charge in [0.1, 0.15) is 0 Å². The number of fused-ring (bicyclic) bond motifs is 1. The van der Waals surface area contributed by atoms with Crippen molar-refractivity contribution >= 4 is 16.9 Å². The van der Waals surface area contributed by atoms with Gasteiger partial charge in [-0.3, -0.25) is 4.90 Å². The number of hydrogen-bond donors (Lipinski definition) is 1. The number of rotatable bonds is 3. The summed E-state index contributed by atoms with van der Waals surface area (Å²) in [4.78, 5) is 14.0. The Morgan fingerprint density at radius 1 is 1.10 bits per heavy atom. The van der Waals surface area contributed by atoms with E-state index in [9.17, 15) is 5.11 Å². The smallest absolute Gasteiger partial charge is 0.150 e. The van der Waals surface area contributed by atoms with Crippen LogP contribution >= 0.6 is 0 Å². The number of aromatic nitrogens is 2. The Kier molecular flexibility index (Phi) is 4.03. The van der Waals surface area contributed by atoms with Crippen molar-refractivity contribution in [2.24, 2.45) is 0 Å². The van der Waals surface area contributed by atoms with Crippen LogP contribution in [0, 0.1) is 6.92 Å². The Morgan fingerprint density at radius 2 is 1.71 bits per heavy atom. The highest BCUT2D eigenvalue weighted by Crippen LogP contribution is 2.21. The Morgan fingerprint density at radius 3 is 2.33 bits per heavy atom. The third-order valence-corrected chi connectivity index (χ3v) is 3.91. The van der Waals surface area contributed by atoms with Crippen LogP contribution in [-0.2, 0) is 0 Å². The van der Waals surface area contributed by atoms with Crippen molar-refractivity contribution in [3.05, 3.63) is 30.0 Å². The van der Waals surface area contributed by atoms with Crippen molar-refractivity contribution in [1.82, 2.24) is 14.9 Å². The quantitative estimate of drug-likeness (QED) is 0.925. The summed E-state index contributed by atoms with van der Waals surface area (Å²) in [5, 5.41) is 9.47. The highest BCUT2D eigenvalue weighted by molar-refractivity contribution is 5.76. The molecule has 0 radical (unpaired) electrons. The molecule has 3 rings (SSSR count). The van der Waals surface area contributed by atoms with E-state index in [2.05, 4.69) is 14.8 Å². The number of para-hydroxylation sites is 2. The maximum absolute atomic E-state index is 9.47. The van der Waals surface area contributed by atoms with E-state index >= 15 is 0 Å². The van der Waals surface area contributed by atoms with Gasteiger partial charge in [0.05, 0.1) is 22.8 Å². The molecule has 2 aromatic rings. The molecule has 0 amide bonds. The van der Waals surface area contributed by atoms with Crippen LogP contribution < -0.4 is 4.90 Å². The predicted octanol–water partition coefficient (Wildman–Crippen LogP) is 1.44. The SMILES string of the molecule is Cc1nc2ccccc2nc1N1CCN(C[C@@H](C)O)CC1. The van der Waals surface area contributed by atoms with E-state index in [-0.39, 0.29) is 6.10 Å². The topological polar surface area (TPSA) is 52.5 Å². The average Bonchev–Trinajstić information content (AvgIpc) is 2.47. The number of aliphatic hydroxyl groups is 1. The highest BCUT2D eigenvalue weighted by atomic mass is 16.3. The fourth-order valence-electron chi connectivity index (χ4n) is 2.89. The van der Waals surface area contributed by atoms with Crippen LogP contribution in [0.15, 0.2) is 24.3 Å². The molecule has 112 valence electrons. The second-order valence-corrected chi connectivity index (χ2v) is 5.76. The molecular weight excluding hydrogens is 264 g/mol. The van der Waals surface area contributed by atoms with Gasteiger partial charge in [-0.15, -0.1) is 0 Å². The van der Waals surface area contributed by atoms with Crippen molar-refractivity contribution in [2.75, 3.05) is 37.6 Å². The number of benzene rings is 1. The van der Waals surface area contributed by atoms with Gasteiger partial charge < -0.3 is 10.0 Å². The van der Waals surface area contributed by atoms with E-state index in [1.54, 1.807) is 0 Å². The normalized spacial score (nSPS) is 18.1. The molecule has 0 aliphatic carbocycles. The lowest BCUT2D eigenvalue weighted by Gasteiger charge is -2.36. The van der Waals surface area contributed by atoms with Crippen LogP contribution in [0.5, 0.6) is 0 Å². The third kappa shape index (κ3) is 3.14. The largest absolute Gasteiger partial charge is 0.392 e. The lowest BCUT2D eigenvalue weighted by atomic mass is 10.2. The molecule has 5 nitrogen and oxygen atoms in total. The van der Waals surface area contributed by atoms with Crippen molar-refractivity contribution in [3.8, 4) is 0 Å². The molecule has 1 aliphatic heterocycles. The Hall–Kier alpha value is -1.72. The van der Waals surface area contributed by atoms with Gasteiger partial charge in [0.15, 0.2) is 5.82 Å². The minimum absolute atomic E-state index is 0.265. The van der Waals surface area contributed by atoms with Crippen LogP contribution in [0.3, 0.4) is 0 Å². The lowest BCUT2D eigenvalue weighted by molar-refractivity contribution is 0.122. The van der Waals surface area contributed by atoms with Crippen molar-refractivity contribution in [1.29, 1.82) is 0 Å². The highest BCUT2D eigenvalue weighted by Gasteiger charge is 2.20. The number of hydrogen-bond acceptors (Lipinski definition) is 5. The number of β-amino-alcohol motifs (C(OH)–C–C–N with tert-alkyl or cyclic N) is 1. The van der Waals surface area contributed by atoms with E-state index < -0.39 is 0 Å². The molecule has 21 heavy (non-hydrogen) atoms. The summed E-state index contributed by atoms with van der Waals surface area (Å²) in [7, 11) is 0. The molecule has 1 aromatic heterocycles. The Bertz CT molecular complexity index is 621. The lowest BCUT2D eigenvalue weighted by Crippen LogP contribution is -2.48. The van der Waals surface area contributed by atoms with Crippen molar-refractivity contribution in [3.63, 3.8) is 0 Å².